The van der Waals surface area contributed by atoms with E-state index in [0.717, 1.165) is 6.42 Å². The van der Waals surface area contributed by atoms with E-state index in [-0.39, 0.29) is 0 Å². The van der Waals surface area contributed by atoms with Crippen LogP contribution in [0.25, 0.3) is 16.3 Å². The monoisotopic (exact) mass is 250 g/mol. The van der Waals surface area contributed by atoms with Gasteiger partial charge in [0.2, 0.25) is 0 Å². The van der Waals surface area contributed by atoms with E-state index >= 15 is 0 Å². The highest BCUT2D eigenvalue weighted by Gasteiger charge is 2.15. The number of allylic oxidation sites excluding steroid dienone is 3. The maximum absolute atomic E-state index is 4.70. The number of hydrogen-bond acceptors (Lipinski definition) is 1. The van der Waals surface area contributed by atoms with E-state index in [9.17, 15) is 0 Å². The van der Waals surface area contributed by atoms with Crippen molar-refractivity contribution in [2.45, 2.75) is 11.7 Å². The third-order valence-electron chi connectivity index (χ3n) is 3.58. The van der Waals surface area contributed by atoms with Gasteiger partial charge in [0.15, 0.2) is 0 Å². The Morgan fingerprint density at radius 3 is 2.67 bits per heavy atom. The minimum Gasteiger partial charge on any atom is -0.171 e. The topological polar surface area (TPSA) is 0 Å². The Morgan fingerprint density at radius 1 is 1.06 bits per heavy atom. The zero-order chi connectivity index (χ0) is 12.5. The fourth-order valence-electron chi connectivity index (χ4n) is 2.61. The second kappa shape index (κ2) is 4.70. The molecule has 18 heavy (non-hydrogen) atoms. The van der Waals surface area contributed by atoms with Crippen molar-refractivity contribution in [3.63, 3.8) is 0 Å². The Kier molecular flexibility index (Phi) is 3.05. The molecule has 1 atom stereocenters. The number of fused-ring (bicyclic) bond motifs is 1. The van der Waals surface area contributed by atoms with E-state index in [4.69, 9.17) is 12.6 Å². The van der Waals surface area contributed by atoms with Crippen molar-refractivity contribution in [3.05, 3.63) is 60.2 Å². The summed E-state index contributed by atoms with van der Waals surface area (Å²) in [6.07, 6.45) is 7.52. The molecule has 0 amide bonds. The normalized spacial score (nSPS) is 18.9. The molecule has 88 valence electrons. The van der Waals surface area contributed by atoms with Crippen LogP contribution in [0.4, 0.5) is 0 Å². The van der Waals surface area contributed by atoms with E-state index in [1.54, 1.807) is 0 Å². The van der Waals surface area contributed by atoms with E-state index in [1.165, 1.54) is 27.4 Å². The summed E-state index contributed by atoms with van der Waals surface area (Å²) in [5.74, 6) is 0. The molecule has 3 rings (SSSR count). The van der Waals surface area contributed by atoms with Gasteiger partial charge >= 0.3 is 0 Å². The zero-order valence-electron chi connectivity index (χ0n) is 10.4. The van der Waals surface area contributed by atoms with Crippen molar-refractivity contribution >= 4 is 42.3 Å². The molecule has 0 nitrogen and oxygen atoms in total. The van der Waals surface area contributed by atoms with Gasteiger partial charge in [-0.25, -0.2) is 0 Å². The van der Waals surface area contributed by atoms with Crippen LogP contribution in [0, 0.1) is 0 Å². The Balaban J connectivity index is 2.27. The third-order valence-corrected chi connectivity index (χ3v) is 4.07. The summed E-state index contributed by atoms with van der Waals surface area (Å²) in [5.41, 5.74) is 3.98. The largest absolute Gasteiger partial charge is 0.171 e. The van der Waals surface area contributed by atoms with Crippen molar-refractivity contribution in [2.24, 2.45) is 0 Å². The maximum Gasteiger partial charge on any atom is 0.140 e. The predicted molar refractivity (Wildman–Crippen MR) is 86.6 cm³/mol. The van der Waals surface area contributed by atoms with Crippen LogP contribution in [0.1, 0.15) is 12.0 Å². The molecule has 1 unspecified atom stereocenters. The Hall–Kier alpha value is -1.41. The Labute approximate surface area is 114 Å². The van der Waals surface area contributed by atoms with Crippen LogP contribution in [0.5, 0.6) is 0 Å². The highest BCUT2D eigenvalue weighted by Crippen LogP contribution is 2.32. The molecule has 2 heteroatoms. The summed E-state index contributed by atoms with van der Waals surface area (Å²) in [4.78, 5) is 0. The van der Waals surface area contributed by atoms with Crippen LogP contribution in [0.2, 0.25) is 0 Å². The fraction of sp³-hybridized carbons (Fsp3) is 0.125. The van der Waals surface area contributed by atoms with Crippen LogP contribution >= 0.6 is 12.6 Å². The number of benzene rings is 2. The lowest BCUT2D eigenvalue weighted by Crippen LogP contribution is -2.07. The standard InChI is InChI=1S/C16H15BS/c17-15-9-4-7-11-12(6-3-8-13(11)15)14-5-1-2-10-16(14)18/h1-9,16,18H,10,17H2. The average Bonchev–Trinajstić information content (AvgIpc) is 2.40. The van der Waals surface area contributed by atoms with E-state index in [2.05, 4.69) is 62.5 Å². The van der Waals surface area contributed by atoms with Crippen LogP contribution in [0.3, 0.4) is 0 Å². The lowest BCUT2D eigenvalue weighted by molar-refractivity contribution is 1.08. The molecule has 1 aliphatic rings. The first kappa shape index (κ1) is 11.7. The quantitative estimate of drug-likeness (QED) is 0.584. The van der Waals surface area contributed by atoms with Gasteiger partial charge in [-0.2, -0.15) is 12.6 Å². The minimum absolute atomic E-state index is 0.307. The highest BCUT2D eigenvalue weighted by molar-refractivity contribution is 7.81. The molecule has 0 fully saturated rings. The molecule has 0 heterocycles. The first-order valence-corrected chi connectivity index (χ1v) is 6.82. The number of rotatable bonds is 1. The van der Waals surface area contributed by atoms with Gasteiger partial charge in [0.1, 0.15) is 7.85 Å². The molecule has 0 radical (unpaired) electrons. The lowest BCUT2D eigenvalue weighted by Gasteiger charge is -2.19. The van der Waals surface area contributed by atoms with Gasteiger partial charge in [-0.15, -0.1) is 0 Å². The molecule has 0 bridgehead atoms. The second-order valence-electron chi connectivity index (χ2n) is 4.78. The van der Waals surface area contributed by atoms with Gasteiger partial charge in [0.25, 0.3) is 0 Å². The first-order valence-electron chi connectivity index (χ1n) is 6.31. The fourth-order valence-corrected chi connectivity index (χ4v) is 2.95. The molecule has 1 aliphatic carbocycles. The predicted octanol–water partition coefficient (Wildman–Crippen LogP) is 2.74. The molecule has 0 N–H and O–H groups in total. The molecule has 0 saturated carbocycles. The van der Waals surface area contributed by atoms with E-state index in [1.807, 2.05) is 0 Å². The summed E-state index contributed by atoms with van der Waals surface area (Å²) in [6.45, 7) is 0. The SMILES string of the molecule is Bc1cccc2c(C3=CC=CCC3S)cccc12. The van der Waals surface area contributed by atoms with Gasteiger partial charge in [0, 0.05) is 5.25 Å². The smallest absolute Gasteiger partial charge is 0.140 e. The van der Waals surface area contributed by atoms with Crippen LogP contribution in [-0.4, -0.2) is 13.1 Å². The van der Waals surface area contributed by atoms with Crippen LogP contribution < -0.4 is 5.46 Å². The lowest BCUT2D eigenvalue weighted by atomic mass is 9.86. The van der Waals surface area contributed by atoms with Crippen molar-refractivity contribution < 1.29 is 0 Å². The molecule has 0 spiro atoms. The first-order chi connectivity index (χ1) is 8.77. The molecule has 2 aromatic carbocycles. The minimum atomic E-state index is 0.307. The average molecular weight is 250 g/mol. The van der Waals surface area contributed by atoms with Crippen LogP contribution in [0.15, 0.2) is 54.6 Å². The van der Waals surface area contributed by atoms with Crippen molar-refractivity contribution in [1.29, 1.82) is 0 Å². The molecule has 2 aromatic rings. The van der Waals surface area contributed by atoms with Gasteiger partial charge in [0.05, 0.1) is 0 Å². The van der Waals surface area contributed by atoms with Crippen molar-refractivity contribution in [3.8, 4) is 0 Å². The summed E-state index contributed by atoms with van der Waals surface area (Å²) >= 11 is 4.70. The van der Waals surface area contributed by atoms with Crippen molar-refractivity contribution in [1.82, 2.24) is 0 Å². The van der Waals surface area contributed by atoms with Crippen LogP contribution in [-0.2, 0) is 0 Å². The Bertz CT molecular complexity index is 655. The number of hydrogen-bond donors (Lipinski definition) is 1. The zero-order valence-corrected chi connectivity index (χ0v) is 11.3. The van der Waals surface area contributed by atoms with Gasteiger partial charge in [-0.1, -0.05) is 60.1 Å². The maximum atomic E-state index is 4.70. The van der Waals surface area contributed by atoms with E-state index in [0.29, 0.717) is 5.25 Å². The number of thiol groups is 1. The van der Waals surface area contributed by atoms with Crippen molar-refractivity contribution in [2.75, 3.05) is 0 Å². The molecule has 0 aromatic heterocycles. The van der Waals surface area contributed by atoms with Gasteiger partial charge in [-0.05, 0) is 28.3 Å². The van der Waals surface area contributed by atoms with Gasteiger partial charge in [-0.3, -0.25) is 0 Å². The summed E-state index contributed by atoms with van der Waals surface area (Å²) in [7, 11) is 2.17. The summed E-state index contributed by atoms with van der Waals surface area (Å²) in [6, 6.07) is 13.0. The molecular weight excluding hydrogens is 235 g/mol. The summed E-state index contributed by atoms with van der Waals surface area (Å²) < 4.78 is 0. The third kappa shape index (κ3) is 1.91. The Morgan fingerprint density at radius 2 is 1.83 bits per heavy atom. The summed E-state index contributed by atoms with van der Waals surface area (Å²) in [5, 5.41) is 2.98. The molecule has 0 saturated heterocycles. The molecular formula is C16H15BS. The van der Waals surface area contributed by atoms with Gasteiger partial charge < -0.3 is 0 Å². The molecule has 0 aliphatic heterocycles. The van der Waals surface area contributed by atoms with E-state index < -0.39 is 0 Å². The second-order valence-corrected chi connectivity index (χ2v) is 5.40. The highest BCUT2D eigenvalue weighted by atomic mass is 32.1.